The Morgan fingerprint density at radius 1 is 1.53 bits per heavy atom. The fourth-order valence-corrected chi connectivity index (χ4v) is 2.75. The molecule has 2 aromatic rings. The summed E-state index contributed by atoms with van der Waals surface area (Å²) in [5, 5.41) is 10.8. The molecule has 5 heteroatoms. The summed E-state index contributed by atoms with van der Waals surface area (Å²) in [7, 11) is 1.96. The summed E-state index contributed by atoms with van der Waals surface area (Å²) in [6.45, 7) is 5.14. The normalized spacial score (nSPS) is 12.9. The van der Waals surface area contributed by atoms with Crippen molar-refractivity contribution in [1.82, 2.24) is 20.1 Å². The summed E-state index contributed by atoms with van der Waals surface area (Å²) in [5.41, 5.74) is 2.25. The van der Waals surface area contributed by atoms with E-state index in [1.807, 2.05) is 24.9 Å². The minimum absolute atomic E-state index is 0.152. The second-order valence-electron chi connectivity index (χ2n) is 4.09. The van der Waals surface area contributed by atoms with E-state index in [-0.39, 0.29) is 6.04 Å². The highest BCUT2D eigenvalue weighted by Gasteiger charge is 2.16. The molecule has 1 atom stereocenters. The molecule has 2 aromatic heterocycles. The number of nitrogens with zero attached hydrogens (tertiary/aromatic N) is 3. The molecule has 0 aliphatic rings. The van der Waals surface area contributed by atoms with Crippen LogP contribution < -0.4 is 5.32 Å². The van der Waals surface area contributed by atoms with Gasteiger partial charge in [-0.05, 0) is 20.4 Å². The summed E-state index contributed by atoms with van der Waals surface area (Å²) in [4.78, 5) is 4.53. The molecule has 17 heavy (non-hydrogen) atoms. The molecule has 1 N–H and O–H groups in total. The standard InChI is InChI=1S/C12H18N4S/c1-4-5-16-7-10(6-14-16)11(13-3)12-15-9(2)8-17-12/h6-8,11,13H,4-5H2,1-3H3. The third-order valence-corrected chi connectivity index (χ3v) is 3.64. The molecule has 0 aliphatic heterocycles. The van der Waals surface area contributed by atoms with Crippen molar-refractivity contribution in [3.8, 4) is 0 Å². The molecular formula is C12H18N4S. The molecule has 4 nitrogen and oxygen atoms in total. The molecule has 0 radical (unpaired) electrons. The van der Waals surface area contributed by atoms with Crippen LogP contribution in [0, 0.1) is 6.92 Å². The van der Waals surface area contributed by atoms with Crippen LogP contribution in [0.3, 0.4) is 0 Å². The van der Waals surface area contributed by atoms with Gasteiger partial charge in [0.15, 0.2) is 0 Å². The van der Waals surface area contributed by atoms with Gasteiger partial charge in [0.1, 0.15) is 5.01 Å². The van der Waals surface area contributed by atoms with Crippen LogP contribution in [0.15, 0.2) is 17.8 Å². The van der Waals surface area contributed by atoms with Crippen molar-refractivity contribution in [1.29, 1.82) is 0 Å². The van der Waals surface area contributed by atoms with E-state index in [0.717, 1.165) is 23.7 Å². The lowest BCUT2D eigenvalue weighted by molar-refractivity contribution is 0.600. The third-order valence-electron chi connectivity index (χ3n) is 2.61. The molecule has 0 aliphatic carbocycles. The first kappa shape index (κ1) is 12.3. The van der Waals surface area contributed by atoms with Crippen molar-refractivity contribution >= 4 is 11.3 Å². The van der Waals surface area contributed by atoms with Crippen molar-refractivity contribution in [2.45, 2.75) is 32.9 Å². The van der Waals surface area contributed by atoms with E-state index >= 15 is 0 Å². The summed E-state index contributed by atoms with van der Waals surface area (Å²) >= 11 is 1.69. The van der Waals surface area contributed by atoms with Gasteiger partial charge in [-0.3, -0.25) is 4.68 Å². The molecule has 92 valence electrons. The minimum atomic E-state index is 0.152. The van der Waals surface area contributed by atoms with Crippen LogP contribution in [-0.4, -0.2) is 21.8 Å². The highest BCUT2D eigenvalue weighted by atomic mass is 32.1. The lowest BCUT2D eigenvalue weighted by Crippen LogP contribution is -2.17. The van der Waals surface area contributed by atoms with Gasteiger partial charge >= 0.3 is 0 Å². The Kier molecular flexibility index (Phi) is 3.91. The second-order valence-corrected chi connectivity index (χ2v) is 4.98. The maximum atomic E-state index is 4.53. The molecule has 2 heterocycles. The summed E-state index contributed by atoms with van der Waals surface area (Å²) in [6, 6.07) is 0.152. The zero-order valence-corrected chi connectivity index (χ0v) is 11.3. The van der Waals surface area contributed by atoms with E-state index in [4.69, 9.17) is 0 Å². The van der Waals surface area contributed by atoms with Gasteiger partial charge in [-0.2, -0.15) is 5.10 Å². The summed E-state index contributed by atoms with van der Waals surface area (Å²) in [6.07, 6.45) is 5.12. The minimum Gasteiger partial charge on any atom is -0.307 e. The van der Waals surface area contributed by atoms with Crippen LogP contribution in [0.5, 0.6) is 0 Å². The number of aryl methyl sites for hydroxylation is 2. The van der Waals surface area contributed by atoms with Gasteiger partial charge in [-0.15, -0.1) is 11.3 Å². The topological polar surface area (TPSA) is 42.7 Å². The van der Waals surface area contributed by atoms with Gasteiger partial charge in [0.2, 0.25) is 0 Å². The number of hydrogen-bond acceptors (Lipinski definition) is 4. The van der Waals surface area contributed by atoms with Gasteiger partial charge in [-0.25, -0.2) is 4.98 Å². The fraction of sp³-hybridized carbons (Fsp3) is 0.500. The van der Waals surface area contributed by atoms with E-state index in [9.17, 15) is 0 Å². The molecule has 0 fully saturated rings. The highest BCUT2D eigenvalue weighted by molar-refractivity contribution is 7.09. The quantitative estimate of drug-likeness (QED) is 0.886. The van der Waals surface area contributed by atoms with Gasteiger partial charge in [0, 0.05) is 29.4 Å². The number of aromatic nitrogens is 3. The molecule has 0 spiro atoms. The van der Waals surface area contributed by atoms with Crippen LogP contribution in [-0.2, 0) is 6.54 Å². The van der Waals surface area contributed by atoms with Crippen LogP contribution >= 0.6 is 11.3 Å². The van der Waals surface area contributed by atoms with Gasteiger partial charge in [0.05, 0.1) is 12.2 Å². The third kappa shape index (κ3) is 2.73. The van der Waals surface area contributed by atoms with E-state index in [1.165, 1.54) is 5.56 Å². The molecule has 0 saturated carbocycles. The average Bonchev–Trinajstić information content (AvgIpc) is 2.91. The molecule has 0 bridgehead atoms. The Bertz CT molecular complexity index is 474. The second kappa shape index (κ2) is 5.42. The van der Waals surface area contributed by atoms with E-state index < -0.39 is 0 Å². The smallest absolute Gasteiger partial charge is 0.114 e. The van der Waals surface area contributed by atoms with E-state index in [2.05, 4.69) is 33.9 Å². The molecule has 0 amide bonds. The highest BCUT2D eigenvalue weighted by Crippen LogP contribution is 2.24. The maximum absolute atomic E-state index is 4.53. The van der Waals surface area contributed by atoms with E-state index in [0.29, 0.717) is 0 Å². The van der Waals surface area contributed by atoms with Crippen LogP contribution in [0.25, 0.3) is 0 Å². The zero-order chi connectivity index (χ0) is 12.3. The first-order chi connectivity index (χ1) is 8.24. The Morgan fingerprint density at radius 2 is 2.35 bits per heavy atom. The molecule has 0 aromatic carbocycles. The molecule has 2 rings (SSSR count). The van der Waals surface area contributed by atoms with Gasteiger partial charge < -0.3 is 5.32 Å². The first-order valence-electron chi connectivity index (χ1n) is 5.86. The maximum Gasteiger partial charge on any atom is 0.114 e. The lowest BCUT2D eigenvalue weighted by atomic mass is 10.2. The molecule has 1 unspecified atom stereocenters. The predicted molar refractivity (Wildman–Crippen MR) is 70.3 cm³/mol. The Balaban J connectivity index is 2.22. The Labute approximate surface area is 106 Å². The van der Waals surface area contributed by atoms with Crippen molar-refractivity contribution in [3.63, 3.8) is 0 Å². The predicted octanol–water partition coefficient (Wildman–Crippen LogP) is 2.37. The summed E-state index contributed by atoms with van der Waals surface area (Å²) in [5.74, 6) is 0. The number of hydrogen-bond donors (Lipinski definition) is 1. The molecule has 0 saturated heterocycles. The van der Waals surface area contributed by atoms with E-state index in [1.54, 1.807) is 11.3 Å². The van der Waals surface area contributed by atoms with Crippen LogP contribution in [0.1, 0.15) is 35.7 Å². The lowest BCUT2D eigenvalue weighted by Gasteiger charge is -2.10. The number of thiazole rings is 1. The van der Waals surface area contributed by atoms with Crippen LogP contribution in [0.2, 0.25) is 0 Å². The average molecular weight is 250 g/mol. The monoisotopic (exact) mass is 250 g/mol. The molecular weight excluding hydrogens is 232 g/mol. The van der Waals surface area contributed by atoms with Crippen LogP contribution in [0.4, 0.5) is 0 Å². The van der Waals surface area contributed by atoms with Crippen molar-refractivity contribution in [2.75, 3.05) is 7.05 Å². The Hall–Kier alpha value is -1.20. The largest absolute Gasteiger partial charge is 0.307 e. The Morgan fingerprint density at radius 3 is 2.94 bits per heavy atom. The number of rotatable bonds is 5. The van der Waals surface area contributed by atoms with Crippen molar-refractivity contribution in [3.05, 3.63) is 34.0 Å². The summed E-state index contributed by atoms with van der Waals surface area (Å²) < 4.78 is 1.99. The first-order valence-corrected chi connectivity index (χ1v) is 6.74. The number of nitrogens with one attached hydrogen (secondary N) is 1. The SMILES string of the molecule is CCCn1cc(C(NC)c2nc(C)cs2)cn1. The van der Waals surface area contributed by atoms with Gasteiger partial charge in [-0.1, -0.05) is 6.92 Å². The zero-order valence-electron chi connectivity index (χ0n) is 10.5. The van der Waals surface area contributed by atoms with Crippen molar-refractivity contribution in [2.24, 2.45) is 0 Å². The van der Waals surface area contributed by atoms with Gasteiger partial charge in [0.25, 0.3) is 0 Å². The fourth-order valence-electron chi connectivity index (χ4n) is 1.82. The van der Waals surface area contributed by atoms with Crippen molar-refractivity contribution < 1.29 is 0 Å².